The highest BCUT2D eigenvalue weighted by molar-refractivity contribution is 9.10. The Kier molecular flexibility index (Phi) is 9.29. The summed E-state index contributed by atoms with van der Waals surface area (Å²) in [5.74, 6) is 0. The maximum absolute atomic E-state index is 12.2. The Hall–Kier alpha value is 0.150. The molecule has 1 atom stereocenters. The van der Waals surface area contributed by atoms with Gasteiger partial charge in [0.25, 0.3) is 0 Å². The second kappa shape index (κ2) is 9.23. The molecular weight excluding hydrogens is 387 g/mol. The van der Waals surface area contributed by atoms with E-state index < -0.39 is 10.0 Å². The second-order valence-corrected chi connectivity index (χ2v) is 7.28. The van der Waals surface area contributed by atoms with Crippen LogP contribution < -0.4 is 10.5 Å². The van der Waals surface area contributed by atoms with Crippen molar-refractivity contribution in [1.82, 2.24) is 4.72 Å². The van der Waals surface area contributed by atoms with Crippen LogP contribution in [-0.2, 0) is 10.0 Å². The first-order valence-electron chi connectivity index (χ1n) is 6.08. The van der Waals surface area contributed by atoms with Gasteiger partial charge in [-0.05, 0) is 24.6 Å². The Bertz CT molecular complexity index is 526. The molecule has 0 aliphatic rings. The first-order valence-corrected chi connectivity index (χ1v) is 8.73. The van der Waals surface area contributed by atoms with E-state index in [4.69, 9.17) is 17.3 Å². The summed E-state index contributed by atoms with van der Waals surface area (Å²) >= 11 is 9.21. The normalized spacial score (nSPS) is 12.8. The molecule has 8 heteroatoms. The molecule has 0 fully saturated rings. The lowest BCUT2D eigenvalue weighted by Crippen LogP contribution is -2.40. The van der Waals surface area contributed by atoms with E-state index in [1.54, 1.807) is 12.1 Å². The summed E-state index contributed by atoms with van der Waals surface area (Å²) in [6.07, 6.45) is 2.65. The van der Waals surface area contributed by atoms with Crippen molar-refractivity contribution in [2.75, 3.05) is 6.54 Å². The predicted molar refractivity (Wildman–Crippen MR) is 89.1 cm³/mol. The number of halogens is 3. The molecule has 0 radical (unpaired) electrons. The van der Waals surface area contributed by atoms with E-state index in [9.17, 15) is 8.42 Å². The number of rotatable bonds is 7. The molecule has 0 bridgehead atoms. The molecule has 20 heavy (non-hydrogen) atoms. The van der Waals surface area contributed by atoms with Crippen LogP contribution in [0.2, 0.25) is 5.02 Å². The lowest BCUT2D eigenvalue weighted by atomic mass is 10.1. The van der Waals surface area contributed by atoms with Crippen LogP contribution in [0.3, 0.4) is 0 Å². The van der Waals surface area contributed by atoms with Gasteiger partial charge in [-0.2, -0.15) is 0 Å². The maximum atomic E-state index is 12.2. The molecule has 0 heterocycles. The van der Waals surface area contributed by atoms with Crippen molar-refractivity contribution in [1.29, 1.82) is 0 Å². The number of nitrogens with two attached hydrogens (primary N) is 1. The molecule has 0 aliphatic heterocycles. The fourth-order valence-electron chi connectivity index (χ4n) is 1.65. The Morgan fingerprint density at radius 2 is 2.10 bits per heavy atom. The van der Waals surface area contributed by atoms with Crippen LogP contribution in [0.15, 0.2) is 27.6 Å². The summed E-state index contributed by atoms with van der Waals surface area (Å²) in [6.45, 7) is 2.32. The van der Waals surface area contributed by atoms with E-state index in [-0.39, 0.29) is 34.9 Å². The summed E-state index contributed by atoms with van der Waals surface area (Å²) in [5.41, 5.74) is 5.59. The molecule has 0 saturated carbocycles. The zero-order chi connectivity index (χ0) is 14.5. The molecule has 1 unspecified atom stereocenters. The van der Waals surface area contributed by atoms with Gasteiger partial charge < -0.3 is 5.73 Å². The minimum Gasteiger partial charge on any atom is -0.329 e. The third-order valence-corrected chi connectivity index (χ3v) is 5.19. The summed E-state index contributed by atoms with van der Waals surface area (Å²) in [6, 6.07) is 4.41. The third-order valence-electron chi connectivity index (χ3n) is 2.70. The van der Waals surface area contributed by atoms with Crippen LogP contribution in [0.25, 0.3) is 0 Å². The molecule has 0 aliphatic carbocycles. The van der Waals surface area contributed by atoms with Crippen LogP contribution in [0, 0.1) is 0 Å². The third kappa shape index (κ3) is 5.87. The van der Waals surface area contributed by atoms with E-state index in [0.717, 1.165) is 23.7 Å². The Morgan fingerprint density at radius 1 is 1.45 bits per heavy atom. The topological polar surface area (TPSA) is 72.2 Å². The number of sulfonamides is 1. The number of hydrogen-bond acceptors (Lipinski definition) is 3. The largest absolute Gasteiger partial charge is 0.329 e. The van der Waals surface area contributed by atoms with Crippen molar-refractivity contribution in [2.45, 2.75) is 37.1 Å². The number of unbranched alkanes of at least 4 members (excludes halogenated alkanes) is 1. The Labute approximate surface area is 140 Å². The molecule has 1 aromatic rings. The minimum absolute atomic E-state index is 0. The Balaban J connectivity index is 0.00000361. The lowest BCUT2D eigenvalue weighted by Gasteiger charge is -2.17. The van der Waals surface area contributed by atoms with E-state index in [0.29, 0.717) is 0 Å². The highest BCUT2D eigenvalue weighted by atomic mass is 79.9. The summed E-state index contributed by atoms with van der Waals surface area (Å²) < 4.78 is 27.8. The van der Waals surface area contributed by atoms with E-state index in [1.165, 1.54) is 6.07 Å². The van der Waals surface area contributed by atoms with E-state index >= 15 is 0 Å². The van der Waals surface area contributed by atoms with Gasteiger partial charge in [0.2, 0.25) is 10.0 Å². The first kappa shape index (κ1) is 20.1. The van der Waals surface area contributed by atoms with Gasteiger partial charge in [0.15, 0.2) is 0 Å². The molecule has 0 spiro atoms. The number of hydrogen-bond donors (Lipinski definition) is 2. The van der Waals surface area contributed by atoms with Crippen molar-refractivity contribution >= 4 is 50.0 Å². The molecule has 3 N–H and O–H groups in total. The summed E-state index contributed by atoms with van der Waals surface area (Å²) in [7, 11) is -3.63. The van der Waals surface area contributed by atoms with Gasteiger partial charge in [-0.15, -0.1) is 12.4 Å². The van der Waals surface area contributed by atoms with Crippen LogP contribution in [0.4, 0.5) is 0 Å². The van der Waals surface area contributed by atoms with Gasteiger partial charge in [-0.1, -0.05) is 47.3 Å². The van der Waals surface area contributed by atoms with Crippen molar-refractivity contribution in [3.63, 3.8) is 0 Å². The Morgan fingerprint density at radius 3 is 2.60 bits per heavy atom. The van der Waals surface area contributed by atoms with Gasteiger partial charge in [-0.25, -0.2) is 13.1 Å². The zero-order valence-electron chi connectivity index (χ0n) is 11.1. The average Bonchev–Trinajstić information content (AvgIpc) is 2.33. The highest BCUT2D eigenvalue weighted by Gasteiger charge is 2.21. The van der Waals surface area contributed by atoms with Gasteiger partial charge >= 0.3 is 0 Å². The van der Waals surface area contributed by atoms with Crippen LogP contribution in [0.1, 0.15) is 26.2 Å². The van der Waals surface area contributed by atoms with Crippen LogP contribution in [-0.4, -0.2) is 21.0 Å². The van der Waals surface area contributed by atoms with Gasteiger partial charge in [-0.3, -0.25) is 0 Å². The fraction of sp³-hybridized carbons (Fsp3) is 0.500. The van der Waals surface area contributed by atoms with Crippen molar-refractivity contribution in [3.8, 4) is 0 Å². The van der Waals surface area contributed by atoms with Crippen LogP contribution >= 0.6 is 39.9 Å². The SMILES string of the molecule is CCCCC(CN)NS(=O)(=O)c1ccc(Br)cc1Cl.Cl. The van der Waals surface area contributed by atoms with Gasteiger partial charge in [0.05, 0.1) is 5.02 Å². The van der Waals surface area contributed by atoms with Crippen molar-refractivity contribution in [2.24, 2.45) is 5.73 Å². The predicted octanol–water partition coefficient (Wildman–Crippen LogP) is 3.32. The summed E-state index contributed by atoms with van der Waals surface area (Å²) in [4.78, 5) is 0.0762. The van der Waals surface area contributed by atoms with Crippen molar-refractivity contribution in [3.05, 3.63) is 27.7 Å². The smallest absolute Gasteiger partial charge is 0.242 e. The fourth-order valence-corrected chi connectivity index (χ4v) is 3.97. The number of benzene rings is 1. The van der Waals surface area contributed by atoms with E-state index in [2.05, 4.69) is 20.7 Å². The molecule has 4 nitrogen and oxygen atoms in total. The molecule has 116 valence electrons. The lowest BCUT2D eigenvalue weighted by molar-refractivity contribution is 0.516. The second-order valence-electron chi connectivity index (χ2n) is 4.27. The quantitative estimate of drug-likeness (QED) is 0.730. The first-order chi connectivity index (χ1) is 8.90. The molecule has 0 saturated heterocycles. The monoisotopic (exact) mass is 404 g/mol. The van der Waals surface area contributed by atoms with Gasteiger partial charge in [0.1, 0.15) is 4.90 Å². The molecule has 1 aromatic carbocycles. The van der Waals surface area contributed by atoms with E-state index in [1.807, 2.05) is 6.92 Å². The maximum Gasteiger partial charge on any atom is 0.242 e. The van der Waals surface area contributed by atoms with Gasteiger partial charge in [0, 0.05) is 17.1 Å². The zero-order valence-corrected chi connectivity index (χ0v) is 15.1. The standard InChI is InChI=1S/C12H18BrClN2O2S.ClH/c1-2-3-4-10(8-15)16-19(17,18)12-6-5-9(13)7-11(12)14;/h5-7,10,16H,2-4,8,15H2,1H3;1H. The molecule has 0 aromatic heterocycles. The summed E-state index contributed by atoms with van der Waals surface area (Å²) in [5, 5.41) is 0.188. The van der Waals surface area contributed by atoms with Crippen LogP contribution in [0.5, 0.6) is 0 Å². The highest BCUT2D eigenvalue weighted by Crippen LogP contribution is 2.25. The molecule has 1 rings (SSSR count). The molecular formula is C12H19BrCl2N2O2S. The minimum atomic E-state index is -3.63. The van der Waals surface area contributed by atoms with Crippen molar-refractivity contribution < 1.29 is 8.42 Å². The molecule has 0 amide bonds. The number of nitrogens with one attached hydrogen (secondary N) is 1. The average molecular weight is 406 g/mol.